The number of nitrogens with two attached hydrogens (primary N) is 1. The molecule has 6 nitrogen and oxygen atoms in total. The second-order valence-electron chi connectivity index (χ2n) is 4.24. The van der Waals surface area contributed by atoms with Gasteiger partial charge in [0.05, 0.1) is 6.54 Å². The van der Waals surface area contributed by atoms with Gasteiger partial charge >= 0.3 is 0 Å². The zero-order chi connectivity index (χ0) is 14.4. The van der Waals surface area contributed by atoms with E-state index in [-0.39, 0.29) is 5.91 Å². The number of carbonyl (C=O) groups excluding carboxylic acids is 1. The van der Waals surface area contributed by atoms with Crippen LogP contribution in [0.3, 0.4) is 0 Å². The maximum atomic E-state index is 11.3. The van der Waals surface area contributed by atoms with Crippen molar-refractivity contribution in [3.05, 3.63) is 48.0 Å². The molecule has 0 saturated heterocycles. The molecule has 6 heteroatoms. The monoisotopic (exact) mass is 274 g/mol. The number of benzene rings is 1. The zero-order valence-corrected chi connectivity index (χ0v) is 11.4. The van der Waals surface area contributed by atoms with Crippen molar-refractivity contribution < 1.29 is 9.53 Å². The molecule has 0 spiro atoms. The predicted octanol–water partition coefficient (Wildman–Crippen LogP) is 1.13. The van der Waals surface area contributed by atoms with Gasteiger partial charge in [-0.2, -0.15) is 0 Å². The molecule has 106 valence electrons. The Morgan fingerprint density at radius 3 is 2.80 bits per heavy atom. The molecule has 2 aromatic rings. The number of rotatable bonds is 6. The molecule has 0 bridgehead atoms. The number of carbonyl (C=O) groups is 1. The van der Waals surface area contributed by atoms with Crippen molar-refractivity contribution in [3.63, 3.8) is 0 Å². The van der Waals surface area contributed by atoms with Crippen LogP contribution < -0.4 is 16.0 Å². The summed E-state index contributed by atoms with van der Waals surface area (Å²) in [6.45, 7) is 3.36. The van der Waals surface area contributed by atoms with Crippen molar-refractivity contribution in [2.24, 2.45) is 5.84 Å². The number of hydrogen-bond acceptors (Lipinski definition) is 4. The number of aryl methyl sites for hydroxylation is 1. The molecular weight excluding hydrogens is 256 g/mol. The van der Waals surface area contributed by atoms with Crippen LogP contribution in [0.1, 0.15) is 23.1 Å². The highest BCUT2D eigenvalue weighted by atomic mass is 16.5. The number of hydrogen-bond donors (Lipinski definition) is 2. The number of nitrogens with zero attached hydrogens (tertiary/aromatic N) is 2. The van der Waals surface area contributed by atoms with Crippen LogP contribution >= 0.6 is 0 Å². The number of ether oxygens (including phenoxy) is 1. The van der Waals surface area contributed by atoms with Crippen molar-refractivity contribution in [2.45, 2.75) is 19.9 Å². The topological polar surface area (TPSA) is 82.2 Å². The predicted molar refractivity (Wildman–Crippen MR) is 75.2 cm³/mol. The minimum atomic E-state index is -0.317. The maximum absolute atomic E-state index is 11.3. The Morgan fingerprint density at radius 2 is 2.15 bits per heavy atom. The Hall–Kier alpha value is -2.34. The largest absolute Gasteiger partial charge is 0.492 e. The second kappa shape index (κ2) is 6.72. The SMILES string of the molecule is CCc1nccn1CCOc1ccc(C(=O)NN)cc1. The lowest BCUT2D eigenvalue weighted by atomic mass is 10.2. The molecule has 0 saturated carbocycles. The van der Waals surface area contributed by atoms with Crippen LogP contribution in [0, 0.1) is 0 Å². The van der Waals surface area contributed by atoms with Crippen LogP contribution in [0.4, 0.5) is 0 Å². The molecule has 1 amide bonds. The van der Waals surface area contributed by atoms with Gasteiger partial charge in [-0.15, -0.1) is 0 Å². The van der Waals surface area contributed by atoms with E-state index in [2.05, 4.69) is 21.9 Å². The fourth-order valence-electron chi connectivity index (χ4n) is 1.91. The summed E-state index contributed by atoms with van der Waals surface area (Å²) in [5.74, 6) is 6.51. The summed E-state index contributed by atoms with van der Waals surface area (Å²) < 4.78 is 7.70. The summed E-state index contributed by atoms with van der Waals surface area (Å²) in [5.41, 5.74) is 2.59. The van der Waals surface area contributed by atoms with E-state index in [0.717, 1.165) is 24.5 Å². The molecular formula is C14H18N4O2. The van der Waals surface area contributed by atoms with Crippen molar-refractivity contribution >= 4 is 5.91 Å². The van der Waals surface area contributed by atoms with Crippen LogP contribution in [0.5, 0.6) is 5.75 Å². The lowest BCUT2D eigenvalue weighted by Gasteiger charge is -2.09. The van der Waals surface area contributed by atoms with Gasteiger partial charge in [-0.1, -0.05) is 6.92 Å². The maximum Gasteiger partial charge on any atom is 0.265 e. The van der Waals surface area contributed by atoms with Crippen molar-refractivity contribution in [1.82, 2.24) is 15.0 Å². The van der Waals surface area contributed by atoms with Crippen molar-refractivity contribution in [2.75, 3.05) is 6.61 Å². The van der Waals surface area contributed by atoms with Gasteiger partial charge in [-0.3, -0.25) is 10.2 Å². The summed E-state index contributed by atoms with van der Waals surface area (Å²) in [4.78, 5) is 15.5. The second-order valence-corrected chi connectivity index (χ2v) is 4.24. The highest BCUT2D eigenvalue weighted by molar-refractivity contribution is 5.93. The quantitative estimate of drug-likeness (QED) is 0.470. The number of aromatic nitrogens is 2. The Kier molecular flexibility index (Phi) is 4.73. The molecule has 2 rings (SSSR count). The van der Waals surface area contributed by atoms with Crippen LogP contribution in [0.15, 0.2) is 36.7 Å². The minimum absolute atomic E-state index is 0.317. The van der Waals surface area contributed by atoms with Crippen molar-refractivity contribution in [3.8, 4) is 5.75 Å². The first-order valence-electron chi connectivity index (χ1n) is 6.48. The third-order valence-corrected chi connectivity index (χ3v) is 2.97. The lowest BCUT2D eigenvalue weighted by Crippen LogP contribution is -2.29. The van der Waals surface area contributed by atoms with Gasteiger partial charge in [-0.25, -0.2) is 10.8 Å². The van der Waals surface area contributed by atoms with Crippen LogP contribution in [-0.4, -0.2) is 22.1 Å². The molecule has 20 heavy (non-hydrogen) atoms. The number of nitrogens with one attached hydrogen (secondary N) is 1. The number of amides is 1. The standard InChI is InChI=1S/C14H18N4O2/c1-2-13-16-7-8-18(13)9-10-20-12-5-3-11(4-6-12)14(19)17-15/h3-8H,2,9-10,15H2,1H3,(H,17,19). The molecule has 3 N–H and O–H groups in total. The zero-order valence-electron chi connectivity index (χ0n) is 11.4. The summed E-state index contributed by atoms with van der Waals surface area (Å²) in [6.07, 6.45) is 4.63. The van der Waals surface area contributed by atoms with E-state index in [1.165, 1.54) is 0 Å². The molecule has 1 aromatic carbocycles. The van der Waals surface area contributed by atoms with Gasteiger partial charge in [0.25, 0.3) is 5.91 Å². The van der Waals surface area contributed by atoms with Gasteiger partial charge < -0.3 is 9.30 Å². The molecule has 1 aromatic heterocycles. The molecule has 0 atom stereocenters. The average molecular weight is 274 g/mol. The first-order valence-corrected chi connectivity index (χ1v) is 6.48. The van der Waals surface area contributed by atoms with Gasteiger partial charge in [0.2, 0.25) is 0 Å². The number of nitrogen functional groups attached to an aromatic ring is 1. The third kappa shape index (κ3) is 3.36. The highest BCUT2D eigenvalue weighted by Crippen LogP contribution is 2.12. The smallest absolute Gasteiger partial charge is 0.265 e. The normalized spacial score (nSPS) is 10.3. The fraction of sp³-hybridized carbons (Fsp3) is 0.286. The van der Waals surface area contributed by atoms with E-state index in [1.807, 2.05) is 6.20 Å². The first-order chi connectivity index (χ1) is 9.74. The Labute approximate surface area is 117 Å². The highest BCUT2D eigenvalue weighted by Gasteiger charge is 2.03. The average Bonchev–Trinajstić information content (AvgIpc) is 2.94. The fourth-order valence-corrected chi connectivity index (χ4v) is 1.91. The summed E-state index contributed by atoms with van der Waals surface area (Å²) in [6, 6.07) is 6.84. The molecule has 0 unspecified atom stereocenters. The Balaban J connectivity index is 1.87. The van der Waals surface area contributed by atoms with Crippen LogP contribution in [0.25, 0.3) is 0 Å². The molecule has 0 aliphatic carbocycles. The van der Waals surface area contributed by atoms with Crippen molar-refractivity contribution in [1.29, 1.82) is 0 Å². The first kappa shape index (κ1) is 14.1. The third-order valence-electron chi connectivity index (χ3n) is 2.97. The molecule has 0 radical (unpaired) electrons. The van der Waals surface area contributed by atoms with Crippen LogP contribution in [-0.2, 0) is 13.0 Å². The Bertz CT molecular complexity index is 563. The van der Waals surface area contributed by atoms with E-state index in [4.69, 9.17) is 10.6 Å². The summed E-state index contributed by atoms with van der Waals surface area (Å²) >= 11 is 0. The van der Waals surface area contributed by atoms with Gasteiger partial charge in [0.1, 0.15) is 18.2 Å². The summed E-state index contributed by atoms with van der Waals surface area (Å²) in [5, 5.41) is 0. The molecule has 1 heterocycles. The van der Waals surface area contributed by atoms with E-state index >= 15 is 0 Å². The molecule has 0 aliphatic rings. The van der Waals surface area contributed by atoms with E-state index in [1.54, 1.807) is 30.5 Å². The van der Waals surface area contributed by atoms with Gasteiger partial charge in [0.15, 0.2) is 0 Å². The molecule has 0 fully saturated rings. The number of imidazole rings is 1. The Morgan fingerprint density at radius 1 is 1.40 bits per heavy atom. The van der Waals surface area contributed by atoms with Gasteiger partial charge in [-0.05, 0) is 24.3 Å². The van der Waals surface area contributed by atoms with Gasteiger partial charge in [0, 0.05) is 24.4 Å². The molecule has 0 aliphatic heterocycles. The van der Waals surface area contributed by atoms with E-state index in [9.17, 15) is 4.79 Å². The van der Waals surface area contributed by atoms with E-state index < -0.39 is 0 Å². The van der Waals surface area contributed by atoms with E-state index in [0.29, 0.717) is 12.2 Å². The van der Waals surface area contributed by atoms with Crippen LogP contribution in [0.2, 0.25) is 0 Å². The number of hydrazine groups is 1. The minimum Gasteiger partial charge on any atom is -0.492 e. The summed E-state index contributed by atoms with van der Waals surface area (Å²) in [7, 11) is 0. The lowest BCUT2D eigenvalue weighted by molar-refractivity contribution is 0.0953.